The molecule has 4 N–H and O–H groups in total. The molecule has 3 saturated carbocycles. The van der Waals surface area contributed by atoms with Crippen molar-refractivity contribution in [3.05, 3.63) is 24.3 Å². The topological polar surface area (TPSA) is 180 Å². The molecule has 0 aromatic carbocycles. The van der Waals surface area contributed by atoms with E-state index >= 15 is 0 Å². The fourth-order valence-electron chi connectivity index (χ4n) is 7.26. The molecule has 51 heavy (non-hydrogen) atoms. The quantitative estimate of drug-likeness (QED) is 0.148. The van der Waals surface area contributed by atoms with Crippen LogP contribution in [0.5, 0.6) is 0 Å². The van der Waals surface area contributed by atoms with Gasteiger partial charge in [0.05, 0.1) is 18.8 Å². The summed E-state index contributed by atoms with van der Waals surface area (Å²) in [5, 5.41) is 11.4. The predicted octanol–water partition coefficient (Wildman–Crippen LogP) is 3.62. The van der Waals surface area contributed by atoms with Gasteiger partial charge in [-0.25, -0.2) is 4.98 Å². The Morgan fingerprint density at radius 2 is 1.49 bits per heavy atom. The summed E-state index contributed by atoms with van der Waals surface area (Å²) in [4.78, 5) is 90.9. The van der Waals surface area contributed by atoms with Crippen LogP contribution in [0.25, 0.3) is 0 Å². The van der Waals surface area contributed by atoms with Gasteiger partial charge in [0, 0.05) is 25.0 Å². The van der Waals surface area contributed by atoms with Crippen molar-refractivity contribution in [3.63, 3.8) is 0 Å². The Morgan fingerprint density at radius 3 is 2.08 bits per heavy atom. The zero-order valence-corrected chi connectivity index (χ0v) is 31.0. The van der Waals surface area contributed by atoms with Crippen LogP contribution < -0.4 is 21.3 Å². The van der Waals surface area contributed by atoms with Crippen molar-refractivity contribution in [3.8, 4) is 0 Å². The molecular weight excluding hydrogens is 650 g/mol. The summed E-state index contributed by atoms with van der Waals surface area (Å²) in [6.45, 7) is 7.48. The molecule has 1 aromatic heterocycles. The molecule has 13 heteroatoms. The molecule has 0 bridgehead atoms. The van der Waals surface area contributed by atoms with E-state index in [1.165, 1.54) is 23.5 Å². The molecular formula is C38H59N7O6. The van der Waals surface area contributed by atoms with Crippen molar-refractivity contribution in [2.24, 2.45) is 17.3 Å². The van der Waals surface area contributed by atoms with Crippen molar-refractivity contribution in [2.75, 3.05) is 13.1 Å². The van der Waals surface area contributed by atoms with Gasteiger partial charge in [-0.1, -0.05) is 79.1 Å². The number of carbonyl (C=O) groups excluding carboxylic acids is 6. The zero-order valence-electron chi connectivity index (χ0n) is 31.0. The van der Waals surface area contributed by atoms with E-state index in [0.717, 1.165) is 83.5 Å². The van der Waals surface area contributed by atoms with Gasteiger partial charge in [-0.15, -0.1) is 0 Å². The van der Waals surface area contributed by atoms with Crippen LogP contribution in [0, 0.1) is 17.3 Å². The van der Waals surface area contributed by atoms with E-state index < -0.39 is 58.9 Å². The van der Waals surface area contributed by atoms with Gasteiger partial charge < -0.3 is 26.2 Å². The van der Waals surface area contributed by atoms with Gasteiger partial charge in [0.2, 0.25) is 23.5 Å². The van der Waals surface area contributed by atoms with Gasteiger partial charge in [0.1, 0.15) is 17.8 Å². The third-order valence-corrected chi connectivity index (χ3v) is 10.4. The van der Waals surface area contributed by atoms with Crippen LogP contribution in [0.2, 0.25) is 0 Å². The number of aromatic nitrogens is 2. The van der Waals surface area contributed by atoms with Crippen LogP contribution in [-0.2, 0) is 24.0 Å². The standard InChI is InChI=1S/C38H59N7O6/c1-5-13-28(32(47)36(50)41-27-18-19-27)42-30(46)24-45(23-25-14-9-6-7-10-15-25)37(51)33(38(2,3)4)44-35(49)31(26-16-11-8-12-17-26)43-34(48)29-22-39-20-21-40-29/h20-22,25-28,31,33H,5-19,23-24H2,1-4H3,(H,41,50)(H,42,46)(H,43,48)(H,44,49)/t28-,31-,33?/m0/s1. The van der Waals surface area contributed by atoms with Gasteiger partial charge in [0.25, 0.3) is 11.8 Å². The Morgan fingerprint density at radius 1 is 0.843 bits per heavy atom. The first-order chi connectivity index (χ1) is 24.4. The average molecular weight is 710 g/mol. The minimum atomic E-state index is -1.01. The lowest BCUT2D eigenvalue weighted by molar-refractivity contribution is -0.144. The Hall–Kier alpha value is -3.90. The van der Waals surface area contributed by atoms with Crippen molar-refractivity contribution in [2.45, 2.75) is 148 Å². The summed E-state index contributed by atoms with van der Waals surface area (Å²) < 4.78 is 0. The Kier molecular flexibility index (Phi) is 14.9. The maximum Gasteiger partial charge on any atom is 0.289 e. The second kappa shape index (κ2) is 19.1. The molecule has 13 nitrogen and oxygen atoms in total. The highest BCUT2D eigenvalue weighted by Gasteiger charge is 2.41. The van der Waals surface area contributed by atoms with Crippen LogP contribution in [0.3, 0.4) is 0 Å². The molecule has 0 spiro atoms. The number of hydrogen-bond acceptors (Lipinski definition) is 8. The number of Topliss-reactive ketones (excluding diaryl/α,β-unsaturated/α-hetero) is 1. The van der Waals surface area contributed by atoms with Crippen molar-refractivity contribution < 1.29 is 28.8 Å². The van der Waals surface area contributed by atoms with Gasteiger partial charge in [0.15, 0.2) is 0 Å². The normalized spacial score (nSPS) is 19.1. The first-order valence-corrected chi connectivity index (χ1v) is 19.2. The SMILES string of the molecule is CCC[C@H](NC(=O)CN(CC1CCCCCC1)C(=O)C(NC(=O)[C@@H](NC(=O)c1cnccn1)C1CCCCC1)C(C)(C)C)C(=O)C(=O)NC1CC1. The third-order valence-electron chi connectivity index (χ3n) is 10.4. The van der Waals surface area contributed by atoms with E-state index in [0.29, 0.717) is 19.4 Å². The lowest BCUT2D eigenvalue weighted by atomic mass is 9.82. The highest BCUT2D eigenvalue weighted by Crippen LogP contribution is 2.29. The maximum absolute atomic E-state index is 14.6. The largest absolute Gasteiger partial charge is 0.347 e. The Bertz CT molecular complexity index is 1350. The van der Waals surface area contributed by atoms with E-state index in [9.17, 15) is 28.8 Å². The fraction of sp³-hybridized carbons (Fsp3) is 0.737. The van der Waals surface area contributed by atoms with E-state index in [4.69, 9.17) is 0 Å². The molecule has 3 atom stereocenters. The molecule has 0 saturated heterocycles. The van der Waals surface area contributed by atoms with E-state index in [2.05, 4.69) is 31.2 Å². The van der Waals surface area contributed by atoms with E-state index in [-0.39, 0.29) is 30.1 Å². The predicted molar refractivity (Wildman–Crippen MR) is 192 cm³/mol. The van der Waals surface area contributed by atoms with Crippen molar-refractivity contribution in [1.29, 1.82) is 0 Å². The minimum absolute atomic E-state index is 0.00898. The smallest absolute Gasteiger partial charge is 0.289 e. The van der Waals surface area contributed by atoms with Gasteiger partial charge in [-0.3, -0.25) is 33.8 Å². The number of nitrogens with zero attached hydrogens (tertiary/aromatic N) is 3. The maximum atomic E-state index is 14.6. The molecule has 0 aliphatic heterocycles. The summed E-state index contributed by atoms with van der Waals surface area (Å²) in [5.41, 5.74) is -0.654. The highest BCUT2D eigenvalue weighted by atomic mass is 16.2. The monoisotopic (exact) mass is 709 g/mol. The van der Waals surface area contributed by atoms with Crippen molar-refractivity contribution >= 4 is 35.3 Å². The van der Waals surface area contributed by atoms with Crippen LogP contribution in [0.15, 0.2) is 18.6 Å². The molecule has 3 aliphatic rings. The first kappa shape index (κ1) is 39.9. The van der Waals surface area contributed by atoms with Gasteiger partial charge >= 0.3 is 0 Å². The number of carbonyl (C=O) groups is 6. The molecule has 5 amide bonds. The van der Waals surface area contributed by atoms with Crippen LogP contribution in [-0.4, -0.2) is 87.4 Å². The Balaban J connectivity index is 1.55. The number of ketones is 1. The zero-order chi connectivity index (χ0) is 37.0. The lowest BCUT2D eigenvalue weighted by Gasteiger charge is -2.38. The molecule has 0 radical (unpaired) electrons. The average Bonchev–Trinajstić information content (AvgIpc) is 3.96. The third kappa shape index (κ3) is 12.4. The second-order valence-electron chi connectivity index (χ2n) is 15.8. The van der Waals surface area contributed by atoms with E-state index in [1.807, 2.05) is 27.7 Å². The summed E-state index contributed by atoms with van der Waals surface area (Å²) in [6.07, 6.45) is 17.4. The molecule has 3 aliphatic carbocycles. The molecule has 4 rings (SSSR count). The van der Waals surface area contributed by atoms with Crippen molar-refractivity contribution in [1.82, 2.24) is 36.1 Å². The second-order valence-corrected chi connectivity index (χ2v) is 15.8. The molecule has 282 valence electrons. The molecule has 1 unspecified atom stereocenters. The minimum Gasteiger partial charge on any atom is -0.347 e. The molecule has 1 heterocycles. The summed E-state index contributed by atoms with van der Waals surface area (Å²) in [5.74, 6) is -3.22. The number of rotatable bonds is 16. The van der Waals surface area contributed by atoms with Crippen LogP contribution >= 0.6 is 0 Å². The molecule has 1 aromatic rings. The Labute approximate surface area is 302 Å². The fourth-order valence-corrected chi connectivity index (χ4v) is 7.26. The van der Waals surface area contributed by atoms with Crippen LogP contribution in [0.1, 0.15) is 134 Å². The number of nitrogens with one attached hydrogen (secondary N) is 4. The lowest BCUT2D eigenvalue weighted by Crippen LogP contribution is -2.61. The number of hydrogen-bond donors (Lipinski definition) is 4. The van der Waals surface area contributed by atoms with Gasteiger partial charge in [-0.05, 0) is 62.2 Å². The van der Waals surface area contributed by atoms with Crippen LogP contribution in [0.4, 0.5) is 0 Å². The van der Waals surface area contributed by atoms with E-state index in [1.54, 1.807) is 0 Å². The molecule has 3 fully saturated rings. The highest BCUT2D eigenvalue weighted by molar-refractivity contribution is 6.38. The first-order valence-electron chi connectivity index (χ1n) is 19.2. The summed E-state index contributed by atoms with van der Waals surface area (Å²) >= 11 is 0. The summed E-state index contributed by atoms with van der Waals surface area (Å²) in [6, 6.07) is -2.89. The van der Waals surface area contributed by atoms with Gasteiger partial charge in [-0.2, -0.15) is 0 Å². The summed E-state index contributed by atoms with van der Waals surface area (Å²) in [7, 11) is 0. The number of amides is 5.